The van der Waals surface area contributed by atoms with E-state index in [2.05, 4.69) is 0 Å². The van der Waals surface area contributed by atoms with Gasteiger partial charge in [-0.2, -0.15) is 0 Å². The fraction of sp³-hybridized carbons (Fsp3) is 0.231. The van der Waals surface area contributed by atoms with Crippen molar-refractivity contribution in [2.24, 2.45) is 0 Å². The van der Waals surface area contributed by atoms with Gasteiger partial charge in [-0.15, -0.1) is 0 Å². The molecule has 0 atom stereocenters. The maximum Gasteiger partial charge on any atom is 0.254 e. The van der Waals surface area contributed by atoms with E-state index in [9.17, 15) is 14.0 Å². The van der Waals surface area contributed by atoms with E-state index in [1.165, 1.54) is 19.2 Å². The maximum atomic E-state index is 13.9. The minimum absolute atomic E-state index is 0.0906. The molecule has 1 fully saturated rings. The van der Waals surface area contributed by atoms with E-state index in [1.807, 2.05) is 30.3 Å². The van der Waals surface area contributed by atoms with Gasteiger partial charge in [0.25, 0.3) is 11.8 Å². The summed E-state index contributed by atoms with van der Waals surface area (Å²) in [5.41, 5.74) is 1.90. The summed E-state index contributed by atoms with van der Waals surface area (Å²) in [7, 11) is 1.38. The smallest absolute Gasteiger partial charge is 0.254 e. The minimum atomic E-state index is -0.576. The highest BCUT2D eigenvalue weighted by Gasteiger charge is 2.26. The lowest BCUT2D eigenvalue weighted by Gasteiger charge is -2.35. The zero-order valence-electron chi connectivity index (χ0n) is 18.4. The number of benzene rings is 3. The highest BCUT2D eigenvalue weighted by atomic mass is 19.1. The monoisotopic (exact) mass is 448 g/mol. The molecule has 0 saturated carbocycles. The third-order valence-electron chi connectivity index (χ3n) is 5.60. The molecule has 3 aromatic rings. The van der Waals surface area contributed by atoms with Crippen LogP contribution in [0, 0.1) is 5.82 Å². The number of hydrogen-bond donors (Lipinski definition) is 0. The fourth-order valence-electron chi connectivity index (χ4n) is 3.71. The molecular weight excluding hydrogens is 423 g/mol. The number of rotatable bonds is 6. The summed E-state index contributed by atoms with van der Waals surface area (Å²) in [6.07, 6.45) is 0. The van der Waals surface area contributed by atoms with Gasteiger partial charge in [-0.1, -0.05) is 30.3 Å². The molecule has 33 heavy (non-hydrogen) atoms. The number of ether oxygens (including phenoxy) is 2. The lowest BCUT2D eigenvalue weighted by molar-refractivity contribution is 0.0535. The second-order valence-corrected chi connectivity index (χ2v) is 7.73. The Kier molecular flexibility index (Phi) is 6.88. The second kappa shape index (κ2) is 10.2. The minimum Gasteiger partial charge on any atom is -0.494 e. The van der Waals surface area contributed by atoms with Gasteiger partial charge in [0.15, 0.2) is 11.6 Å². The van der Waals surface area contributed by atoms with Crippen molar-refractivity contribution in [3.05, 3.63) is 95.3 Å². The lowest BCUT2D eigenvalue weighted by atomic mass is 10.1. The molecule has 1 aliphatic rings. The Bertz CT molecular complexity index is 1110. The molecule has 0 N–H and O–H groups in total. The normalized spacial score (nSPS) is 13.5. The van der Waals surface area contributed by atoms with Crippen LogP contribution < -0.4 is 9.47 Å². The maximum absolute atomic E-state index is 13.9. The number of carbonyl (C=O) groups excluding carboxylic acids is 2. The molecule has 1 heterocycles. The number of nitrogens with zero attached hydrogens (tertiary/aromatic N) is 2. The number of halogens is 1. The summed E-state index contributed by atoms with van der Waals surface area (Å²) in [5, 5.41) is 0. The molecule has 170 valence electrons. The summed E-state index contributed by atoms with van der Waals surface area (Å²) < 4.78 is 24.6. The number of methoxy groups -OCH3 is 1. The van der Waals surface area contributed by atoms with Crippen LogP contribution in [-0.2, 0) is 6.61 Å². The number of hydrogen-bond acceptors (Lipinski definition) is 4. The third kappa shape index (κ3) is 5.31. The van der Waals surface area contributed by atoms with Crippen LogP contribution in [0.1, 0.15) is 26.3 Å². The Hall–Kier alpha value is -3.87. The Labute approximate surface area is 192 Å². The average Bonchev–Trinajstić information content (AvgIpc) is 2.87. The van der Waals surface area contributed by atoms with Crippen molar-refractivity contribution in [3.8, 4) is 11.5 Å². The van der Waals surface area contributed by atoms with Crippen LogP contribution in [0.25, 0.3) is 0 Å². The molecule has 4 rings (SSSR count). The second-order valence-electron chi connectivity index (χ2n) is 7.73. The van der Waals surface area contributed by atoms with Crippen molar-refractivity contribution in [1.82, 2.24) is 9.80 Å². The van der Waals surface area contributed by atoms with E-state index >= 15 is 0 Å². The predicted molar refractivity (Wildman–Crippen MR) is 122 cm³/mol. The molecule has 0 spiro atoms. The Morgan fingerprint density at radius 1 is 0.818 bits per heavy atom. The molecule has 0 bridgehead atoms. The Morgan fingerprint density at radius 3 is 1.97 bits per heavy atom. The summed E-state index contributed by atoms with van der Waals surface area (Å²) >= 11 is 0. The molecule has 1 saturated heterocycles. The standard InChI is InChI=1S/C26H25FN2O4/c1-32-24-12-9-21(17-23(24)27)26(31)29-15-13-28(14-16-29)25(30)20-7-10-22(11-8-20)33-18-19-5-3-2-4-6-19/h2-12,17H,13-16,18H2,1H3. The Balaban J connectivity index is 1.30. The molecule has 7 heteroatoms. The van der Waals surface area contributed by atoms with Crippen LogP contribution in [0.3, 0.4) is 0 Å². The van der Waals surface area contributed by atoms with Gasteiger partial charge in [0, 0.05) is 37.3 Å². The van der Waals surface area contributed by atoms with Crippen LogP contribution in [0.5, 0.6) is 11.5 Å². The van der Waals surface area contributed by atoms with Crippen LogP contribution in [-0.4, -0.2) is 54.9 Å². The van der Waals surface area contributed by atoms with Crippen LogP contribution in [0.2, 0.25) is 0 Å². The van der Waals surface area contributed by atoms with Crippen molar-refractivity contribution >= 4 is 11.8 Å². The summed E-state index contributed by atoms with van der Waals surface area (Å²) in [6, 6.07) is 21.1. The van der Waals surface area contributed by atoms with Gasteiger partial charge < -0.3 is 19.3 Å². The zero-order chi connectivity index (χ0) is 23.2. The van der Waals surface area contributed by atoms with Crippen molar-refractivity contribution in [3.63, 3.8) is 0 Å². The molecular formula is C26H25FN2O4. The van der Waals surface area contributed by atoms with E-state index in [0.717, 1.165) is 5.56 Å². The molecule has 3 aromatic carbocycles. The Morgan fingerprint density at radius 2 is 1.39 bits per heavy atom. The lowest BCUT2D eigenvalue weighted by Crippen LogP contribution is -2.50. The first-order chi connectivity index (χ1) is 16.0. The quantitative estimate of drug-likeness (QED) is 0.572. The average molecular weight is 448 g/mol. The molecule has 6 nitrogen and oxygen atoms in total. The summed E-state index contributed by atoms with van der Waals surface area (Å²) in [5.74, 6) is -0.139. The predicted octanol–water partition coefficient (Wildman–Crippen LogP) is 4.01. The van der Waals surface area contributed by atoms with E-state index < -0.39 is 5.82 Å². The van der Waals surface area contributed by atoms with Gasteiger partial charge in [-0.05, 0) is 48.0 Å². The first kappa shape index (κ1) is 22.3. The first-order valence-corrected chi connectivity index (χ1v) is 10.7. The van der Waals surface area contributed by atoms with Gasteiger partial charge in [0.1, 0.15) is 12.4 Å². The number of carbonyl (C=O) groups is 2. The zero-order valence-corrected chi connectivity index (χ0v) is 18.4. The molecule has 1 aliphatic heterocycles. The summed E-state index contributed by atoms with van der Waals surface area (Å²) in [6.45, 7) is 2.06. The molecule has 0 aromatic heterocycles. The highest BCUT2D eigenvalue weighted by Crippen LogP contribution is 2.20. The largest absolute Gasteiger partial charge is 0.494 e. The third-order valence-corrected chi connectivity index (χ3v) is 5.60. The van der Waals surface area contributed by atoms with Gasteiger partial charge in [0.2, 0.25) is 0 Å². The van der Waals surface area contributed by atoms with Gasteiger partial charge in [0.05, 0.1) is 7.11 Å². The number of piperazine rings is 1. The van der Waals surface area contributed by atoms with Crippen LogP contribution in [0.4, 0.5) is 4.39 Å². The van der Waals surface area contributed by atoms with Crippen molar-refractivity contribution in [1.29, 1.82) is 0 Å². The van der Waals surface area contributed by atoms with Gasteiger partial charge in [-0.25, -0.2) is 4.39 Å². The molecule has 0 unspecified atom stereocenters. The molecule has 0 radical (unpaired) electrons. The fourth-order valence-corrected chi connectivity index (χ4v) is 3.71. The van der Waals surface area contributed by atoms with E-state index in [1.54, 1.807) is 40.1 Å². The van der Waals surface area contributed by atoms with Crippen LogP contribution >= 0.6 is 0 Å². The first-order valence-electron chi connectivity index (χ1n) is 10.7. The topological polar surface area (TPSA) is 59.1 Å². The van der Waals surface area contributed by atoms with Crippen LogP contribution in [0.15, 0.2) is 72.8 Å². The molecule has 0 aliphatic carbocycles. The summed E-state index contributed by atoms with van der Waals surface area (Å²) in [4.78, 5) is 28.9. The number of amides is 2. The van der Waals surface area contributed by atoms with Crippen molar-refractivity contribution < 1.29 is 23.5 Å². The van der Waals surface area contributed by atoms with Crippen molar-refractivity contribution in [2.45, 2.75) is 6.61 Å². The van der Waals surface area contributed by atoms with E-state index in [-0.39, 0.29) is 23.1 Å². The van der Waals surface area contributed by atoms with Gasteiger partial charge >= 0.3 is 0 Å². The SMILES string of the molecule is COc1ccc(C(=O)N2CCN(C(=O)c3ccc(OCc4ccccc4)cc3)CC2)cc1F. The highest BCUT2D eigenvalue weighted by molar-refractivity contribution is 5.96. The van der Waals surface area contributed by atoms with E-state index in [4.69, 9.17) is 9.47 Å². The van der Waals surface area contributed by atoms with E-state index in [0.29, 0.717) is 44.1 Å². The van der Waals surface area contributed by atoms with Crippen molar-refractivity contribution in [2.75, 3.05) is 33.3 Å². The van der Waals surface area contributed by atoms with Gasteiger partial charge in [-0.3, -0.25) is 9.59 Å². The molecule has 2 amide bonds.